The largest absolute Gasteiger partial charge is 0.444 e. The van der Waals surface area contributed by atoms with E-state index in [-0.39, 0.29) is 11.6 Å². The van der Waals surface area contributed by atoms with Crippen LogP contribution in [0.5, 0.6) is 0 Å². The Balaban J connectivity index is 2.15. The smallest absolute Gasteiger partial charge is 0.273 e. The van der Waals surface area contributed by atoms with E-state index in [4.69, 9.17) is 10.2 Å². The molecule has 6 heteroatoms. The van der Waals surface area contributed by atoms with Gasteiger partial charge in [-0.1, -0.05) is 6.92 Å². The monoisotopic (exact) mass is 246 g/mol. The van der Waals surface area contributed by atoms with Crippen molar-refractivity contribution in [3.63, 3.8) is 0 Å². The van der Waals surface area contributed by atoms with Gasteiger partial charge < -0.3 is 15.5 Å². The maximum Gasteiger partial charge on any atom is 0.273 e. The van der Waals surface area contributed by atoms with Gasteiger partial charge in [0.05, 0.1) is 5.56 Å². The van der Waals surface area contributed by atoms with Gasteiger partial charge in [0.1, 0.15) is 12.1 Å². The van der Waals surface area contributed by atoms with Crippen molar-refractivity contribution in [1.82, 2.24) is 15.3 Å². The van der Waals surface area contributed by atoms with E-state index in [9.17, 15) is 4.79 Å². The Morgan fingerprint density at radius 2 is 2.33 bits per heavy atom. The number of aromatic nitrogens is 2. The Bertz CT molecular complexity index is 533. The van der Waals surface area contributed by atoms with Crippen LogP contribution in [0.15, 0.2) is 29.0 Å². The summed E-state index contributed by atoms with van der Waals surface area (Å²) in [6, 6.07) is 3.39. The number of nitrogens with zero attached hydrogens (tertiary/aromatic N) is 2. The first-order chi connectivity index (χ1) is 8.70. The van der Waals surface area contributed by atoms with Gasteiger partial charge in [-0.25, -0.2) is 9.97 Å². The third kappa shape index (κ3) is 2.65. The number of pyridine rings is 1. The third-order valence-corrected chi connectivity index (χ3v) is 2.31. The number of oxazole rings is 1. The molecule has 0 unspecified atom stereocenters. The summed E-state index contributed by atoms with van der Waals surface area (Å²) in [5.74, 6) is 0.533. The van der Waals surface area contributed by atoms with Crippen LogP contribution in [-0.4, -0.2) is 22.4 Å². The fourth-order valence-corrected chi connectivity index (χ4v) is 1.37. The van der Waals surface area contributed by atoms with E-state index in [2.05, 4.69) is 15.3 Å². The summed E-state index contributed by atoms with van der Waals surface area (Å²) < 4.78 is 5.24. The van der Waals surface area contributed by atoms with Gasteiger partial charge in [-0.15, -0.1) is 0 Å². The number of nitrogens with two attached hydrogens (primary N) is 1. The minimum Gasteiger partial charge on any atom is -0.444 e. The topological polar surface area (TPSA) is 94.0 Å². The van der Waals surface area contributed by atoms with Crippen LogP contribution in [0.3, 0.4) is 0 Å². The molecule has 18 heavy (non-hydrogen) atoms. The summed E-state index contributed by atoms with van der Waals surface area (Å²) in [6.45, 7) is 2.60. The van der Waals surface area contributed by atoms with Crippen molar-refractivity contribution >= 4 is 11.7 Å². The summed E-state index contributed by atoms with van der Waals surface area (Å²) in [5, 5.41) is 2.73. The lowest BCUT2D eigenvalue weighted by molar-refractivity contribution is 0.0948. The molecule has 0 bridgehead atoms. The number of carbonyl (C=O) groups excluding carboxylic acids is 1. The van der Waals surface area contributed by atoms with E-state index < -0.39 is 0 Å². The predicted molar refractivity (Wildman–Crippen MR) is 66.8 cm³/mol. The SMILES string of the molecule is CCCNC(=O)c1coc(-c2ccc(N)nc2)n1. The molecule has 0 aliphatic carbocycles. The number of rotatable bonds is 4. The molecule has 0 saturated carbocycles. The average Bonchev–Trinajstić information content (AvgIpc) is 2.86. The molecule has 0 radical (unpaired) electrons. The molecule has 0 fully saturated rings. The fourth-order valence-electron chi connectivity index (χ4n) is 1.37. The molecule has 0 atom stereocenters. The molecule has 0 aliphatic rings. The van der Waals surface area contributed by atoms with Crippen LogP contribution in [0.25, 0.3) is 11.5 Å². The third-order valence-electron chi connectivity index (χ3n) is 2.31. The fraction of sp³-hybridized carbons (Fsp3) is 0.250. The molecule has 1 amide bonds. The minimum absolute atomic E-state index is 0.241. The molecule has 0 spiro atoms. The van der Waals surface area contributed by atoms with Crippen molar-refractivity contribution < 1.29 is 9.21 Å². The Morgan fingerprint density at radius 1 is 1.50 bits per heavy atom. The van der Waals surface area contributed by atoms with Gasteiger partial charge in [-0.05, 0) is 18.6 Å². The zero-order chi connectivity index (χ0) is 13.0. The first-order valence-corrected chi connectivity index (χ1v) is 5.66. The van der Waals surface area contributed by atoms with Crippen LogP contribution in [0, 0.1) is 0 Å². The summed E-state index contributed by atoms with van der Waals surface area (Å²) in [5.41, 5.74) is 6.43. The highest BCUT2D eigenvalue weighted by atomic mass is 16.3. The standard InChI is InChI=1S/C12H14N4O2/c1-2-5-14-11(17)9-7-18-12(16-9)8-3-4-10(13)15-6-8/h3-4,6-7H,2,5H2,1H3,(H2,13,15)(H,14,17). The number of amides is 1. The molecule has 94 valence electrons. The Morgan fingerprint density at radius 3 is 3.00 bits per heavy atom. The maximum absolute atomic E-state index is 11.6. The zero-order valence-electron chi connectivity index (χ0n) is 10.0. The maximum atomic E-state index is 11.6. The highest BCUT2D eigenvalue weighted by Crippen LogP contribution is 2.18. The molecular formula is C12H14N4O2. The Hall–Kier alpha value is -2.37. The van der Waals surface area contributed by atoms with Gasteiger partial charge in [0.25, 0.3) is 5.91 Å². The van der Waals surface area contributed by atoms with Crippen molar-refractivity contribution in [3.8, 4) is 11.5 Å². The van der Waals surface area contributed by atoms with Crippen LogP contribution in [0.2, 0.25) is 0 Å². The van der Waals surface area contributed by atoms with Crippen molar-refractivity contribution in [2.24, 2.45) is 0 Å². The first kappa shape index (κ1) is 12.1. The first-order valence-electron chi connectivity index (χ1n) is 5.66. The van der Waals surface area contributed by atoms with Crippen LogP contribution in [-0.2, 0) is 0 Å². The van der Waals surface area contributed by atoms with E-state index in [1.165, 1.54) is 6.26 Å². The van der Waals surface area contributed by atoms with Crippen molar-refractivity contribution in [2.75, 3.05) is 12.3 Å². The lowest BCUT2D eigenvalue weighted by Gasteiger charge is -1.98. The average molecular weight is 246 g/mol. The van der Waals surface area contributed by atoms with E-state index in [1.807, 2.05) is 6.92 Å². The summed E-state index contributed by atoms with van der Waals surface area (Å²) >= 11 is 0. The molecule has 2 rings (SSSR count). The van der Waals surface area contributed by atoms with Gasteiger partial charge in [-0.3, -0.25) is 4.79 Å². The zero-order valence-corrected chi connectivity index (χ0v) is 10.0. The number of hydrogen-bond acceptors (Lipinski definition) is 5. The molecule has 2 heterocycles. The minimum atomic E-state index is -0.241. The van der Waals surface area contributed by atoms with E-state index in [0.717, 1.165) is 6.42 Å². The molecule has 6 nitrogen and oxygen atoms in total. The molecule has 0 aliphatic heterocycles. The second kappa shape index (κ2) is 5.31. The van der Waals surface area contributed by atoms with Crippen LogP contribution < -0.4 is 11.1 Å². The molecule has 0 saturated heterocycles. The quantitative estimate of drug-likeness (QED) is 0.851. The summed E-state index contributed by atoms with van der Waals surface area (Å²) in [7, 11) is 0. The van der Waals surface area contributed by atoms with E-state index >= 15 is 0 Å². The number of carbonyl (C=O) groups is 1. The van der Waals surface area contributed by atoms with Gasteiger partial charge in [0, 0.05) is 12.7 Å². The lowest BCUT2D eigenvalue weighted by atomic mass is 10.3. The van der Waals surface area contributed by atoms with Crippen LogP contribution in [0.1, 0.15) is 23.8 Å². The molecule has 0 aromatic carbocycles. The molecule has 3 N–H and O–H groups in total. The molecule has 2 aromatic heterocycles. The van der Waals surface area contributed by atoms with Crippen molar-refractivity contribution in [1.29, 1.82) is 0 Å². The number of nitrogens with one attached hydrogen (secondary N) is 1. The van der Waals surface area contributed by atoms with Crippen LogP contribution >= 0.6 is 0 Å². The van der Waals surface area contributed by atoms with Gasteiger partial charge in [0.2, 0.25) is 5.89 Å². The van der Waals surface area contributed by atoms with Crippen LogP contribution in [0.4, 0.5) is 5.82 Å². The highest BCUT2D eigenvalue weighted by Gasteiger charge is 2.12. The second-order valence-corrected chi connectivity index (χ2v) is 3.77. The number of anilines is 1. The highest BCUT2D eigenvalue weighted by molar-refractivity contribution is 5.92. The predicted octanol–water partition coefficient (Wildman–Crippen LogP) is 1.46. The summed E-state index contributed by atoms with van der Waals surface area (Å²) in [4.78, 5) is 19.7. The van der Waals surface area contributed by atoms with Gasteiger partial charge in [-0.2, -0.15) is 0 Å². The number of nitrogen functional groups attached to an aromatic ring is 1. The van der Waals surface area contributed by atoms with Gasteiger partial charge >= 0.3 is 0 Å². The normalized spacial score (nSPS) is 10.3. The van der Waals surface area contributed by atoms with Crippen molar-refractivity contribution in [2.45, 2.75) is 13.3 Å². The van der Waals surface area contributed by atoms with Gasteiger partial charge in [0.15, 0.2) is 5.69 Å². The second-order valence-electron chi connectivity index (χ2n) is 3.77. The summed E-state index contributed by atoms with van der Waals surface area (Å²) in [6.07, 6.45) is 3.75. The number of hydrogen-bond donors (Lipinski definition) is 2. The van der Waals surface area contributed by atoms with E-state index in [0.29, 0.717) is 23.8 Å². The Labute approximate surface area is 104 Å². The van der Waals surface area contributed by atoms with E-state index in [1.54, 1.807) is 18.3 Å². The van der Waals surface area contributed by atoms with Crippen molar-refractivity contribution in [3.05, 3.63) is 30.3 Å². The lowest BCUT2D eigenvalue weighted by Crippen LogP contribution is -2.24. The molecule has 2 aromatic rings. The molecular weight excluding hydrogens is 232 g/mol. The Kier molecular flexibility index (Phi) is 3.57.